The Kier molecular flexibility index (Phi) is 4.65. The number of nitrogen functional groups attached to an aromatic ring is 1. The quantitative estimate of drug-likeness (QED) is 0.834. The highest BCUT2D eigenvalue weighted by atomic mass is 35.5. The second-order valence-electron chi connectivity index (χ2n) is 3.84. The maximum atomic E-state index is 11.6. The lowest BCUT2D eigenvalue weighted by atomic mass is 10.3. The third kappa shape index (κ3) is 4.46. The number of nitrogens with one attached hydrogen (secondary N) is 1. The maximum Gasteiger partial charge on any atom is 0.258 e. The summed E-state index contributed by atoms with van der Waals surface area (Å²) in [5, 5.41) is 2.75. The van der Waals surface area contributed by atoms with Gasteiger partial charge in [0, 0.05) is 16.6 Å². The summed E-state index contributed by atoms with van der Waals surface area (Å²) in [6.45, 7) is 0.416. The van der Waals surface area contributed by atoms with Gasteiger partial charge in [0.25, 0.3) is 5.91 Å². The molecule has 0 saturated carbocycles. The summed E-state index contributed by atoms with van der Waals surface area (Å²) in [4.78, 5) is 12.6. The molecule has 1 amide bonds. The highest BCUT2D eigenvalue weighted by Gasteiger charge is 2.04. The predicted molar refractivity (Wildman–Crippen MR) is 77.5 cm³/mol. The fraction of sp³-hybridized carbons (Fsp3) is 0.154. The van der Waals surface area contributed by atoms with Crippen LogP contribution in [0.15, 0.2) is 36.4 Å². The number of rotatable bonds is 5. The molecular weight excluding hydrogens is 284 g/mol. The largest absolute Gasteiger partial charge is 0.484 e. The molecule has 2 rings (SSSR count). The SMILES string of the molecule is Nc1cccc(OCC(=O)NCc2ccc(Cl)s2)c1. The Morgan fingerprint density at radius 3 is 2.89 bits per heavy atom. The number of benzene rings is 1. The highest BCUT2D eigenvalue weighted by Crippen LogP contribution is 2.21. The van der Waals surface area contributed by atoms with E-state index in [0.29, 0.717) is 22.3 Å². The van der Waals surface area contributed by atoms with E-state index in [-0.39, 0.29) is 12.5 Å². The summed E-state index contributed by atoms with van der Waals surface area (Å²) in [5.74, 6) is 0.390. The van der Waals surface area contributed by atoms with Gasteiger partial charge in [-0.15, -0.1) is 11.3 Å². The van der Waals surface area contributed by atoms with Gasteiger partial charge in [0.1, 0.15) is 5.75 Å². The number of nitrogens with two attached hydrogens (primary N) is 1. The lowest BCUT2D eigenvalue weighted by Gasteiger charge is -2.07. The summed E-state index contributed by atoms with van der Waals surface area (Å²) < 4.78 is 6.04. The van der Waals surface area contributed by atoms with Crippen LogP contribution in [0.25, 0.3) is 0 Å². The molecule has 1 heterocycles. The van der Waals surface area contributed by atoms with Gasteiger partial charge in [-0.25, -0.2) is 0 Å². The van der Waals surface area contributed by atoms with Crippen LogP contribution in [0, 0.1) is 0 Å². The third-order valence-corrected chi connectivity index (χ3v) is 3.55. The minimum absolute atomic E-state index is 0.0391. The fourth-order valence-corrected chi connectivity index (χ4v) is 2.46. The predicted octanol–water partition coefficient (Wildman–Crippen LogP) is 2.68. The Bertz CT molecular complexity index is 571. The van der Waals surface area contributed by atoms with Gasteiger partial charge in [-0.2, -0.15) is 0 Å². The van der Waals surface area contributed by atoms with Crippen molar-refractivity contribution >= 4 is 34.5 Å². The van der Waals surface area contributed by atoms with Crippen molar-refractivity contribution in [3.8, 4) is 5.75 Å². The summed E-state index contributed by atoms with van der Waals surface area (Å²) in [6.07, 6.45) is 0. The van der Waals surface area contributed by atoms with E-state index in [0.717, 1.165) is 4.88 Å². The number of hydrogen-bond donors (Lipinski definition) is 2. The molecule has 0 radical (unpaired) electrons. The van der Waals surface area contributed by atoms with E-state index in [9.17, 15) is 4.79 Å². The monoisotopic (exact) mass is 296 g/mol. The average Bonchev–Trinajstić information content (AvgIpc) is 2.80. The zero-order chi connectivity index (χ0) is 13.7. The molecule has 0 aliphatic carbocycles. The van der Waals surface area contributed by atoms with Crippen LogP contribution in [0.1, 0.15) is 4.88 Å². The zero-order valence-corrected chi connectivity index (χ0v) is 11.6. The van der Waals surface area contributed by atoms with E-state index in [2.05, 4.69) is 5.32 Å². The Balaban J connectivity index is 1.75. The molecule has 3 N–H and O–H groups in total. The first-order valence-corrected chi connectivity index (χ1v) is 6.82. The van der Waals surface area contributed by atoms with Crippen LogP contribution in [-0.2, 0) is 11.3 Å². The zero-order valence-electron chi connectivity index (χ0n) is 10.1. The van der Waals surface area contributed by atoms with E-state index in [4.69, 9.17) is 22.1 Å². The lowest BCUT2D eigenvalue weighted by Crippen LogP contribution is -2.28. The van der Waals surface area contributed by atoms with Crippen LogP contribution in [0.3, 0.4) is 0 Å². The number of thiophene rings is 1. The molecule has 0 bridgehead atoms. The summed E-state index contributed by atoms with van der Waals surface area (Å²) in [6, 6.07) is 10.6. The molecule has 0 unspecified atom stereocenters. The van der Waals surface area contributed by atoms with Crippen molar-refractivity contribution in [2.24, 2.45) is 0 Å². The second kappa shape index (κ2) is 6.45. The number of hydrogen-bond acceptors (Lipinski definition) is 4. The first kappa shape index (κ1) is 13.7. The van der Waals surface area contributed by atoms with Gasteiger partial charge in [0.05, 0.1) is 10.9 Å². The summed E-state index contributed by atoms with van der Waals surface area (Å²) in [7, 11) is 0. The van der Waals surface area contributed by atoms with Crippen molar-refractivity contribution < 1.29 is 9.53 Å². The molecule has 2 aromatic rings. The van der Waals surface area contributed by atoms with Gasteiger partial charge in [0.15, 0.2) is 6.61 Å². The van der Waals surface area contributed by atoms with E-state index in [1.165, 1.54) is 11.3 Å². The molecule has 1 aromatic heterocycles. The van der Waals surface area contributed by atoms with E-state index < -0.39 is 0 Å². The van der Waals surface area contributed by atoms with Crippen LogP contribution >= 0.6 is 22.9 Å². The van der Waals surface area contributed by atoms with Crippen LogP contribution in [0.2, 0.25) is 4.34 Å². The van der Waals surface area contributed by atoms with Gasteiger partial charge in [-0.05, 0) is 24.3 Å². The molecule has 0 atom stereocenters. The van der Waals surface area contributed by atoms with Gasteiger partial charge >= 0.3 is 0 Å². The van der Waals surface area contributed by atoms with Crippen LogP contribution in [0.5, 0.6) is 5.75 Å². The number of ether oxygens (including phenoxy) is 1. The van der Waals surface area contributed by atoms with Crippen LogP contribution < -0.4 is 15.8 Å². The topological polar surface area (TPSA) is 64.3 Å². The lowest BCUT2D eigenvalue weighted by molar-refractivity contribution is -0.123. The fourth-order valence-electron chi connectivity index (χ4n) is 1.44. The second-order valence-corrected chi connectivity index (χ2v) is 5.64. The maximum absolute atomic E-state index is 11.6. The van der Waals surface area contributed by atoms with Crippen molar-refractivity contribution in [2.45, 2.75) is 6.54 Å². The molecular formula is C13H13ClN2O2S. The summed E-state index contributed by atoms with van der Waals surface area (Å²) >= 11 is 7.24. The van der Waals surface area contributed by atoms with Gasteiger partial charge in [-0.1, -0.05) is 17.7 Å². The van der Waals surface area contributed by atoms with E-state index >= 15 is 0 Å². The number of carbonyl (C=O) groups is 1. The molecule has 0 fully saturated rings. The van der Waals surface area contributed by atoms with Gasteiger partial charge in [0.2, 0.25) is 0 Å². The van der Waals surface area contributed by atoms with Crippen molar-refractivity contribution in [2.75, 3.05) is 12.3 Å². The molecule has 100 valence electrons. The molecule has 0 aliphatic rings. The number of halogens is 1. The van der Waals surface area contributed by atoms with Crippen LogP contribution in [0.4, 0.5) is 5.69 Å². The van der Waals surface area contributed by atoms with Crippen molar-refractivity contribution in [3.05, 3.63) is 45.6 Å². The molecule has 0 saturated heterocycles. The van der Waals surface area contributed by atoms with Crippen molar-refractivity contribution in [1.29, 1.82) is 0 Å². The Morgan fingerprint density at radius 2 is 2.21 bits per heavy atom. The third-order valence-electron chi connectivity index (χ3n) is 2.32. The Hall–Kier alpha value is -1.72. The molecule has 6 heteroatoms. The first-order valence-electron chi connectivity index (χ1n) is 5.63. The first-order chi connectivity index (χ1) is 9.13. The minimum atomic E-state index is -0.188. The van der Waals surface area contributed by atoms with E-state index in [1.807, 2.05) is 6.07 Å². The average molecular weight is 297 g/mol. The normalized spacial score (nSPS) is 10.2. The molecule has 0 spiro atoms. The number of amides is 1. The highest BCUT2D eigenvalue weighted by molar-refractivity contribution is 7.16. The van der Waals surface area contributed by atoms with Crippen LogP contribution in [-0.4, -0.2) is 12.5 Å². The van der Waals surface area contributed by atoms with Crippen molar-refractivity contribution in [3.63, 3.8) is 0 Å². The molecule has 0 aliphatic heterocycles. The minimum Gasteiger partial charge on any atom is -0.484 e. The summed E-state index contributed by atoms with van der Waals surface area (Å²) in [5.41, 5.74) is 6.21. The number of carbonyl (C=O) groups excluding carboxylic acids is 1. The van der Waals surface area contributed by atoms with Gasteiger partial charge in [-0.3, -0.25) is 4.79 Å². The molecule has 1 aromatic carbocycles. The van der Waals surface area contributed by atoms with Crippen molar-refractivity contribution in [1.82, 2.24) is 5.32 Å². The molecule has 4 nitrogen and oxygen atoms in total. The van der Waals surface area contributed by atoms with Gasteiger partial charge < -0.3 is 15.8 Å². The smallest absolute Gasteiger partial charge is 0.258 e. The molecule has 19 heavy (non-hydrogen) atoms. The van der Waals surface area contributed by atoms with E-state index in [1.54, 1.807) is 30.3 Å². The Morgan fingerprint density at radius 1 is 1.37 bits per heavy atom. The Labute approximate surface area is 120 Å². The number of anilines is 1. The standard InChI is InChI=1S/C13H13ClN2O2S/c14-12-5-4-11(19-12)7-16-13(17)8-18-10-3-1-2-9(15)6-10/h1-6H,7-8,15H2,(H,16,17).